The average Bonchev–Trinajstić information content (AvgIpc) is 2.97. The Morgan fingerprint density at radius 1 is 1.53 bits per heavy atom. The van der Waals surface area contributed by atoms with Gasteiger partial charge in [-0.15, -0.1) is 0 Å². The molecule has 1 aliphatic rings. The highest BCUT2D eigenvalue weighted by molar-refractivity contribution is 5.95. The Bertz CT molecular complexity index is 537. The molecule has 19 heavy (non-hydrogen) atoms. The van der Waals surface area contributed by atoms with Gasteiger partial charge in [-0.25, -0.2) is 0 Å². The molecule has 0 saturated heterocycles. The molecule has 3 heteroatoms. The number of benzene rings is 1. The number of hydrogen-bond acceptors (Lipinski definition) is 2. The van der Waals surface area contributed by atoms with Crippen molar-refractivity contribution in [2.24, 2.45) is 5.41 Å². The molecule has 1 aliphatic carbocycles. The fourth-order valence-corrected chi connectivity index (χ4v) is 1.91. The highest BCUT2D eigenvalue weighted by atomic mass is 16.2. The first-order valence-corrected chi connectivity index (χ1v) is 6.53. The Balaban J connectivity index is 2.02. The molecule has 1 unspecified atom stereocenters. The van der Waals surface area contributed by atoms with Gasteiger partial charge in [0.2, 0.25) is 0 Å². The topological polar surface area (TPSA) is 49.3 Å². The largest absolute Gasteiger partial charge is 0.395 e. The van der Waals surface area contributed by atoms with Crippen molar-refractivity contribution in [1.29, 1.82) is 0 Å². The lowest BCUT2D eigenvalue weighted by Crippen LogP contribution is -2.28. The lowest BCUT2D eigenvalue weighted by atomic mass is 10.1. The third-order valence-corrected chi connectivity index (χ3v) is 3.41. The van der Waals surface area contributed by atoms with Crippen molar-refractivity contribution in [2.75, 3.05) is 6.61 Å². The van der Waals surface area contributed by atoms with Gasteiger partial charge in [0, 0.05) is 23.6 Å². The van der Waals surface area contributed by atoms with Gasteiger partial charge in [0.15, 0.2) is 0 Å². The molecule has 1 aromatic rings. The molecule has 2 rings (SSSR count). The van der Waals surface area contributed by atoms with E-state index < -0.39 is 0 Å². The molecule has 0 aromatic heterocycles. The normalized spacial score (nSPS) is 19.2. The molecule has 0 spiro atoms. The Morgan fingerprint density at radius 3 is 2.89 bits per heavy atom. The molecular formula is C16H19NO2. The van der Waals surface area contributed by atoms with E-state index in [1.807, 2.05) is 12.1 Å². The summed E-state index contributed by atoms with van der Waals surface area (Å²) in [6.07, 6.45) is 1.49. The van der Waals surface area contributed by atoms with Gasteiger partial charge < -0.3 is 10.4 Å². The van der Waals surface area contributed by atoms with Crippen molar-refractivity contribution >= 4 is 5.91 Å². The number of rotatable bonds is 3. The highest BCUT2D eigenvalue weighted by Gasteiger charge is 2.46. The zero-order chi connectivity index (χ0) is 13.9. The van der Waals surface area contributed by atoms with E-state index in [1.54, 1.807) is 12.1 Å². The van der Waals surface area contributed by atoms with Crippen molar-refractivity contribution in [3.8, 4) is 11.8 Å². The van der Waals surface area contributed by atoms with E-state index in [1.165, 1.54) is 0 Å². The summed E-state index contributed by atoms with van der Waals surface area (Å²) in [4.78, 5) is 12.1. The lowest BCUT2D eigenvalue weighted by Gasteiger charge is -2.07. The van der Waals surface area contributed by atoms with Crippen LogP contribution in [0.5, 0.6) is 0 Å². The predicted molar refractivity (Wildman–Crippen MR) is 74.7 cm³/mol. The van der Waals surface area contributed by atoms with Crippen LogP contribution in [0.3, 0.4) is 0 Å². The second kappa shape index (κ2) is 5.46. The molecule has 2 N–H and O–H groups in total. The van der Waals surface area contributed by atoms with Crippen LogP contribution in [-0.4, -0.2) is 23.7 Å². The van der Waals surface area contributed by atoms with Crippen LogP contribution in [0.1, 0.15) is 42.6 Å². The van der Waals surface area contributed by atoms with Gasteiger partial charge in [0.25, 0.3) is 5.91 Å². The van der Waals surface area contributed by atoms with E-state index in [0.717, 1.165) is 12.0 Å². The summed E-state index contributed by atoms with van der Waals surface area (Å²) < 4.78 is 0. The average molecular weight is 257 g/mol. The number of carbonyl (C=O) groups excluding carboxylic acids is 1. The minimum atomic E-state index is -0.0404. The van der Waals surface area contributed by atoms with E-state index >= 15 is 0 Å². The van der Waals surface area contributed by atoms with E-state index in [4.69, 9.17) is 5.11 Å². The lowest BCUT2D eigenvalue weighted by molar-refractivity contribution is 0.0946. The molecule has 0 aliphatic heterocycles. The van der Waals surface area contributed by atoms with Crippen LogP contribution >= 0.6 is 0 Å². The Kier molecular flexibility index (Phi) is 3.92. The van der Waals surface area contributed by atoms with Crippen molar-refractivity contribution in [2.45, 2.75) is 32.7 Å². The van der Waals surface area contributed by atoms with Crippen LogP contribution in [-0.2, 0) is 0 Å². The predicted octanol–water partition coefficient (Wildman–Crippen LogP) is 1.95. The van der Waals surface area contributed by atoms with Gasteiger partial charge >= 0.3 is 0 Å². The molecule has 3 nitrogen and oxygen atoms in total. The summed E-state index contributed by atoms with van der Waals surface area (Å²) in [6, 6.07) is 7.55. The molecule has 1 atom stereocenters. The zero-order valence-electron chi connectivity index (χ0n) is 11.4. The second-order valence-corrected chi connectivity index (χ2v) is 5.57. The Hall–Kier alpha value is -1.79. The van der Waals surface area contributed by atoms with Crippen LogP contribution in [0.4, 0.5) is 0 Å². The molecule has 0 radical (unpaired) electrons. The molecule has 1 fully saturated rings. The van der Waals surface area contributed by atoms with Crippen LogP contribution in [0.15, 0.2) is 24.3 Å². The fraction of sp³-hybridized carbons (Fsp3) is 0.438. The fourth-order valence-electron chi connectivity index (χ4n) is 1.91. The van der Waals surface area contributed by atoms with E-state index in [-0.39, 0.29) is 24.0 Å². The zero-order valence-corrected chi connectivity index (χ0v) is 11.4. The molecular weight excluding hydrogens is 238 g/mol. The van der Waals surface area contributed by atoms with Crippen LogP contribution in [0.25, 0.3) is 0 Å². The maximum absolute atomic E-state index is 12.1. The summed E-state index contributed by atoms with van der Waals surface area (Å²) in [6.45, 7) is 4.35. The number of aliphatic hydroxyl groups excluding tert-OH is 1. The first kappa shape index (κ1) is 13.6. The van der Waals surface area contributed by atoms with Gasteiger partial charge in [0.05, 0.1) is 6.61 Å². The van der Waals surface area contributed by atoms with Crippen molar-refractivity contribution < 1.29 is 9.90 Å². The summed E-state index contributed by atoms with van der Waals surface area (Å²) in [5.41, 5.74) is 1.67. The van der Waals surface area contributed by atoms with E-state index in [9.17, 15) is 4.79 Å². The first-order valence-electron chi connectivity index (χ1n) is 6.53. The van der Waals surface area contributed by atoms with Crippen LogP contribution in [0.2, 0.25) is 0 Å². The van der Waals surface area contributed by atoms with E-state index in [2.05, 4.69) is 31.0 Å². The third kappa shape index (κ3) is 3.59. The number of nitrogens with one attached hydrogen (secondary N) is 1. The van der Waals surface area contributed by atoms with Gasteiger partial charge in [-0.05, 0) is 30.0 Å². The van der Waals surface area contributed by atoms with Crippen LogP contribution in [0, 0.1) is 17.3 Å². The molecule has 100 valence electrons. The summed E-state index contributed by atoms with van der Waals surface area (Å²) in [7, 11) is 0. The second-order valence-electron chi connectivity index (χ2n) is 5.57. The molecule has 1 aromatic carbocycles. The monoisotopic (exact) mass is 257 g/mol. The quantitative estimate of drug-likeness (QED) is 0.813. The molecule has 0 heterocycles. The summed E-state index contributed by atoms with van der Waals surface area (Å²) in [5.74, 6) is 5.75. The third-order valence-electron chi connectivity index (χ3n) is 3.41. The number of hydrogen-bond donors (Lipinski definition) is 2. The Morgan fingerprint density at radius 2 is 2.26 bits per heavy atom. The van der Waals surface area contributed by atoms with Gasteiger partial charge in [-0.3, -0.25) is 4.79 Å². The standard InChI is InChI=1S/C16H19NO2/c1-16(2)11-14(16)17-15(19)13-8-5-7-12(10-13)6-3-4-9-18/h5,7-8,10,14,18H,4,9,11H2,1-2H3,(H,17,19). The molecule has 1 saturated carbocycles. The van der Waals surface area contributed by atoms with Gasteiger partial charge in [0.1, 0.15) is 0 Å². The maximum atomic E-state index is 12.1. The number of aliphatic hydroxyl groups is 1. The smallest absolute Gasteiger partial charge is 0.251 e. The van der Waals surface area contributed by atoms with Gasteiger partial charge in [-0.1, -0.05) is 31.8 Å². The minimum Gasteiger partial charge on any atom is -0.395 e. The van der Waals surface area contributed by atoms with Crippen molar-refractivity contribution in [1.82, 2.24) is 5.32 Å². The summed E-state index contributed by atoms with van der Waals surface area (Å²) in [5, 5.41) is 11.7. The Labute approximate surface area is 114 Å². The van der Waals surface area contributed by atoms with Gasteiger partial charge in [-0.2, -0.15) is 0 Å². The highest BCUT2D eigenvalue weighted by Crippen LogP contribution is 2.44. The first-order chi connectivity index (χ1) is 9.03. The van der Waals surface area contributed by atoms with Crippen molar-refractivity contribution in [3.63, 3.8) is 0 Å². The summed E-state index contributed by atoms with van der Waals surface area (Å²) >= 11 is 0. The maximum Gasteiger partial charge on any atom is 0.251 e. The molecule has 0 bridgehead atoms. The minimum absolute atomic E-state index is 0.0404. The van der Waals surface area contributed by atoms with Crippen LogP contribution < -0.4 is 5.32 Å². The number of carbonyl (C=O) groups is 1. The SMILES string of the molecule is CC1(C)CC1NC(=O)c1cccc(C#CCCO)c1. The van der Waals surface area contributed by atoms with Crippen molar-refractivity contribution in [3.05, 3.63) is 35.4 Å². The molecule has 1 amide bonds. The number of amides is 1. The van der Waals surface area contributed by atoms with E-state index in [0.29, 0.717) is 12.0 Å².